The lowest BCUT2D eigenvalue weighted by Crippen LogP contribution is -2.34. The van der Waals surface area contributed by atoms with Crippen LogP contribution in [0.4, 0.5) is 0 Å². The van der Waals surface area contributed by atoms with E-state index in [2.05, 4.69) is 5.32 Å². The molecule has 1 heterocycles. The maximum atomic E-state index is 12.9. The highest BCUT2D eigenvalue weighted by Crippen LogP contribution is 2.47. The van der Waals surface area contributed by atoms with Gasteiger partial charge in [-0.05, 0) is 44.4 Å². The van der Waals surface area contributed by atoms with Gasteiger partial charge in [-0.2, -0.15) is 0 Å². The first kappa shape index (κ1) is 20.8. The highest BCUT2D eigenvalue weighted by Gasteiger charge is 2.39. The number of benzene rings is 1. The van der Waals surface area contributed by atoms with E-state index in [1.54, 1.807) is 19.1 Å². The lowest BCUT2D eigenvalue weighted by molar-refractivity contribution is -0.138. The van der Waals surface area contributed by atoms with Crippen molar-refractivity contribution >= 4 is 11.8 Å². The number of carbonyl (C=O) groups excluding carboxylic acids is 2. The minimum atomic E-state index is -0.563. The normalized spacial score (nSPS) is 18.8. The van der Waals surface area contributed by atoms with Crippen LogP contribution in [0, 0.1) is 0 Å². The highest BCUT2D eigenvalue weighted by molar-refractivity contribution is 6.03. The minimum absolute atomic E-state index is 0.0341. The molecule has 0 bridgehead atoms. The van der Waals surface area contributed by atoms with Gasteiger partial charge in [0.15, 0.2) is 17.3 Å². The summed E-state index contributed by atoms with van der Waals surface area (Å²) in [5, 5.41) is 3.27. The summed E-state index contributed by atoms with van der Waals surface area (Å²) in [4.78, 5) is 25.8. The molecule has 2 aliphatic rings. The summed E-state index contributed by atoms with van der Waals surface area (Å²) in [6, 6.07) is 3.58. The molecule has 3 rings (SSSR count). The van der Waals surface area contributed by atoms with E-state index >= 15 is 0 Å². The molecule has 0 spiro atoms. The quantitative estimate of drug-likeness (QED) is 0.733. The van der Waals surface area contributed by atoms with E-state index in [9.17, 15) is 9.59 Å². The monoisotopic (exact) mass is 401 g/mol. The zero-order valence-electron chi connectivity index (χ0n) is 17.5. The van der Waals surface area contributed by atoms with Gasteiger partial charge in [-0.3, -0.25) is 4.79 Å². The van der Waals surface area contributed by atoms with Gasteiger partial charge in [0, 0.05) is 29.3 Å². The first-order valence-electron chi connectivity index (χ1n) is 9.67. The van der Waals surface area contributed by atoms with Gasteiger partial charge >= 0.3 is 5.97 Å². The molecule has 0 radical (unpaired) electrons. The summed E-state index contributed by atoms with van der Waals surface area (Å²) in [7, 11) is 4.60. The number of allylic oxidation sites excluding steroid dienone is 3. The molecule has 7 heteroatoms. The Bertz CT molecular complexity index is 874. The molecule has 156 valence electrons. The zero-order valence-corrected chi connectivity index (χ0v) is 17.5. The topological polar surface area (TPSA) is 83.1 Å². The molecule has 1 unspecified atom stereocenters. The molecule has 0 saturated carbocycles. The minimum Gasteiger partial charge on any atom is -0.493 e. The predicted molar refractivity (Wildman–Crippen MR) is 107 cm³/mol. The molecule has 0 aromatic heterocycles. The molecule has 0 saturated heterocycles. The lowest BCUT2D eigenvalue weighted by atomic mass is 9.75. The summed E-state index contributed by atoms with van der Waals surface area (Å²) in [5.41, 5.74) is 3.31. The maximum absolute atomic E-state index is 12.9. The fourth-order valence-corrected chi connectivity index (χ4v) is 4.06. The number of hydrogen-bond acceptors (Lipinski definition) is 7. The summed E-state index contributed by atoms with van der Waals surface area (Å²) < 4.78 is 21.7. The van der Waals surface area contributed by atoms with Crippen molar-refractivity contribution in [1.82, 2.24) is 5.32 Å². The number of ketones is 1. The largest absolute Gasteiger partial charge is 0.493 e. The fraction of sp³-hybridized carbons (Fsp3) is 0.455. The first-order valence-corrected chi connectivity index (χ1v) is 9.67. The Morgan fingerprint density at radius 3 is 2.31 bits per heavy atom. The lowest BCUT2D eigenvalue weighted by Gasteiger charge is -2.34. The Morgan fingerprint density at radius 1 is 1.10 bits per heavy atom. The third-order valence-electron chi connectivity index (χ3n) is 5.29. The second kappa shape index (κ2) is 8.59. The van der Waals surface area contributed by atoms with Gasteiger partial charge in [0.05, 0.1) is 33.5 Å². The van der Waals surface area contributed by atoms with Crippen LogP contribution in [0.5, 0.6) is 17.2 Å². The number of Topliss-reactive ketones (excluding diaryl/α,β-unsaturated/α-hetero) is 1. The van der Waals surface area contributed by atoms with Gasteiger partial charge in [-0.1, -0.05) is 0 Å². The molecule has 0 fully saturated rings. The van der Waals surface area contributed by atoms with E-state index in [0.717, 1.165) is 18.5 Å². The molecule has 1 aliphatic heterocycles. The standard InChI is InChI=1S/C22H27NO6/c1-6-29-22(25)18-12(2)23-14-8-7-9-15(24)20(14)19(18)13-10-16(26-3)21(28-5)17(11-13)27-4/h10-11,19,23H,6-9H2,1-5H3. The molecule has 7 nitrogen and oxygen atoms in total. The van der Waals surface area contributed by atoms with E-state index in [1.165, 1.54) is 21.3 Å². The van der Waals surface area contributed by atoms with Crippen LogP contribution in [-0.2, 0) is 14.3 Å². The van der Waals surface area contributed by atoms with Crippen LogP contribution in [0.2, 0.25) is 0 Å². The zero-order chi connectivity index (χ0) is 21.1. The molecule has 1 aromatic rings. The van der Waals surface area contributed by atoms with Gasteiger partial charge in [-0.15, -0.1) is 0 Å². The van der Waals surface area contributed by atoms with Crippen LogP contribution >= 0.6 is 0 Å². The number of carbonyl (C=O) groups is 2. The van der Waals surface area contributed by atoms with E-state index in [-0.39, 0.29) is 12.4 Å². The van der Waals surface area contributed by atoms with Crippen molar-refractivity contribution in [3.05, 3.63) is 40.2 Å². The van der Waals surface area contributed by atoms with Crippen LogP contribution < -0.4 is 19.5 Å². The van der Waals surface area contributed by atoms with Crippen molar-refractivity contribution in [3.63, 3.8) is 0 Å². The van der Waals surface area contributed by atoms with Gasteiger partial charge in [0.2, 0.25) is 5.75 Å². The van der Waals surface area contributed by atoms with Crippen LogP contribution in [0.15, 0.2) is 34.7 Å². The predicted octanol–water partition coefficient (Wildman–Crippen LogP) is 3.24. The van der Waals surface area contributed by atoms with Crippen LogP contribution in [0.1, 0.15) is 44.6 Å². The Kier molecular flexibility index (Phi) is 6.15. The second-order valence-electron chi connectivity index (χ2n) is 6.94. The number of hydrogen-bond donors (Lipinski definition) is 1. The van der Waals surface area contributed by atoms with Crippen LogP contribution in [-0.4, -0.2) is 39.7 Å². The second-order valence-corrected chi connectivity index (χ2v) is 6.94. The Balaban J connectivity index is 2.25. The van der Waals surface area contributed by atoms with E-state index < -0.39 is 11.9 Å². The summed E-state index contributed by atoms with van der Waals surface area (Å²) in [6.45, 7) is 3.84. The van der Waals surface area contributed by atoms with Crippen LogP contribution in [0.25, 0.3) is 0 Å². The van der Waals surface area contributed by atoms with Crippen molar-refractivity contribution in [1.29, 1.82) is 0 Å². The summed E-state index contributed by atoms with van der Waals surface area (Å²) in [6.07, 6.45) is 2.00. The Labute approximate surface area is 170 Å². The van der Waals surface area contributed by atoms with Crippen molar-refractivity contribution in [3.8, 4) is 17.2 Å². The molecule has 29 heavy (non-hydrogen) atoms. The van der Waals surface area contributed by atoms with E-state index in [1.807, 2.05) is 6.92 Å². The number of ether oxygens (including phenoxy) is 4. The fourth-order valence-electron chi connectivity index (χ4n) is 4.06. The molecular weight excluding hydrogens is 374 g/mol. The molecular formula is C22H27NO6. The number of methoxy groups -OCH3 is 3. The van der Waals surface area contributed by atoms with Crippen molar-refractivity contribution in [2.75, 3.05) is 27.9 Å². The maximum Gasteiger partial charge on any atom is 0.336 e. The van der Waals surface area contributed by atoms with Crippen LogP contribution in [0.3, 0.4) is 0 Å². The average Bonchev–Trinajstić information content (AvgIpc) is 2.71. The molecule has 0 amide bonds. The van der Waals surface area contributed by atoms with Gasteiger partial charge < -0.3 is 24.3 Å². The van der Waals surface area contributed by atoms with Crippen molar-refractivity contribution < 1.29 is 28.5 Å². The van der Waals surface area contributed by atoms with Crippen molar-refractivity contribution in [2.45, 2.75) is 39.0 Å². The SMILES string of the molecule is CCOC(=O)C1=C(C)NC2=C(C(=O)CCC2)C1c1cc(OC)c(OC)c(OC)c1. The number of esters is 1. The molecule has 1 N–H and O–H groups in total. The first-order chi connectivity index (χ1) is 14.0. The van der Waals surface area contributed by atoms with E-state index in [4.69, 9.17) is 18.9 Å². The summed E-state index contributed by atoms with van der Waals surface area (Å²) >= 11 is 0. The number of rotatable bonds is 6. The smallest absolute Gasteiger partial charge is 0.336 e. The molecule has 1 aliphatic carbocycles. The van der Waals surface area contributed by atoms with Gasteiger partial charge in [0.25, 0.3) is 0 Å². The third kappa shape index (κ3) is 3.69. The average molecular weight is 401 g/mol. The Morgan fingerprint density at radius 2 is 1.76 bits per heavy atom. The Hall–Kier alpha value is -2.96. The molecule has 1 aromatic carbocycles. The highest BCUT2D eigenvalue weighted by atomic mass is 16.5. The van der Waals surface area contributed by atoms with Gasteiger partial charge in [-0.25, -0.2) is 4.79 Å². The van der Waals surface area contributed by atoms with Crippen molar-refractivity contribution in [2.24, 2.45) is 0 Å². The summed E-state index contributed by atoms with van der Waals surface area (Å²) in [5.74, 6) is 0.410. The third-order valence-corrected chi connectivity index (χ3v) is 5.29. The number of nitrogens with one attached hydrogen (secondary N) is 1. The number of dihydropyridines is 1. The molecule has 1 atom stereocenters. The van der Waals surface area contributed by atoms with E-state index in [0.29, 0.717) is 46.1 Å². The van der Waals surface area contributed by atoms with Gasteiger partial charge in [0.1, 0.15) is 0 Å².